The van der Waals surface area contributed by atoms with E-state index in [0.29, 0.717) is 5.56 Å². The van der Waals surface area contributed by atoms with E-state index in [0.717, 1.165) is 39.3 Å². The Hall–Kier alpha value is -4.25. The van der Waals surface area contributed by atoms with Gasteiger partial charge in [0, 0.05) is 61.9 Å². The fraction of sp³-hybridized carbons (Fsp3) is 0.167. The molecule has 0 saturated carbocycles. The van der Waals surface area contributed by atoms with Gasteiger partial charge in [0.25, 0.3) is 0 Å². The Labute approximate surface area is 206 Å². The fourth-order valence-corrected chi connectivity index (χ4v) is 4.56. The number of rotatable bonds is 6. The van der Waals surface area contributed by atoms with Crippen LogP contribution in [-0.4, -0.2) is 34.2 Å². The van der Waals surface area contributed by atoms with Crippen LogP contribution in [0.1, 0.15) is 21.5 Å². The van der Waals surface area contributed by atoms with E-state index >= 15 is 0 Å². The summed E-state index contributed by atoms with van der Waals surface area (Å²) in [7, 11) is 8.07. The van der Waals surface area contributed by atoms with Gasteiger partial charge in [-0.1, -0.05) is 60.7 Å². The molecule has 35 heavy (non-hydrogen) atoms. The number of carbonyl (C=O) groups is 1. The number of nitrogens with zero attached hydrogens (tertiary/aromatic N) is 2. The van der Waals surface area contributed by atoms with Crippen LogP contribution in [0.5, 0.6) is 0 Å². The number of anilines is 3. The monoisotopic (exact) mass is 463 g/mol. The molecule has 5 rings (SSSR count). The van der Waals surface area contributed by atoms with Gasteiger partial charge in [-0.3, -0.25) is 0 Å². The predicted molar refractivity (Wildman–Crippen MR) is 143 cm³/mol. The molecular weight excluding hydrogens is 434 g/mol. The first-order chi connectivity index (χ1) is 16.9. The van der Waals surface area contributed by atoms with Crippen molar-refractivity contribution < 1.29 is 9.53 Å². The lowest BCUT2D eigenvalue weighted by molar-refractivity contribution is 0.0213. The van der Waals surface area contributed by atoms with Crippen LogP contribution in [0.15, 0.2) is 97.1 Å². The molecule has 0 aliphatic carbocycles. The summed E-state index contributed by atoms with van der Waals surface area (Å²) in [5, 5.41) is 3.64. The highest BCUT2D eigenvalue weighted by Crippen LogP contribution is 2.44. The summed E-state index contributed by atoms with van der Waals surface area (Å²) in [4.78, 5) is 17.1. The number of hydrogen-bond donors (Lipinski definition) is 1. The lowest BCUT2D eigenvalue weighted by atomic mass is 9.91. The predicted octanol–water partition coefficient (Wildman–Crippen LogP) is 5.97. The van der Waals surface area contributed by atoms with Gasteiger partial charge in [0.15, 0.2) is 0 Å². The minimum Gasteiger partial charge on any atom is -0.427 e. The largest absolute Gasteiger partial charge is 0.427 e. The Morgan fingerprint density at radius 1 is 0.657 bits per heavy atom. The quantitative estimate of drug-likeness (QED) is 0.357. The summed E-state index contributed by atoms with van der Waals surface area (Å²) < 4.78 is 6.18. The van der Waals surface area contributed by atoms with Gasteiger partial charge in [0.2, 0.25) is 5.72 Å². The number of fused-ring (bicyclic) bond motifs is 1. The molecule has 4 aromatic rings. The van der Waals surface area contributed by atoms with Gasteiger partial charge in [0.1, 0.15) is 0 Å². The summed E-state index contributed by atoms with van der Waals surface area (Å²) >= 11 is 0. The molecule has 1 aliphatic heterocycles. The molecule has 0 bridgehead atoms. The molecule has 0 aromatic heterocycles. The van der Waals surface area contributed by atoms with Gasteiger partial charge in [-0.25, -0.2) is 4.79 Å². The Balaban J connectivity index is 1.64. The van der Waals surface area contributed by atoms with Gasteiger partial charge in [0.05, 0.1) is 5.56 Å². The van der Waals surface area contributed by atoms with Crippen molar-refractivity contribution in [3.05, 3.63) is 114 Å². The lowest BCUT2D eigenvalue weighted by Crippen LogP contribution is -2.37. The molecule has 5 heteroatoms. The second-order valence-corrected chi connectivity index (χ2v) is 9.17. The number of benzene rings is 4. The van der Waals surface area contributed by atoms with Gasteiger partial charge < -0.3 is 19.9 Å². The number of para-hydroxylation sites is 1. The molecule has 1 atom stereocenters. The molecule has 1 unspecified atom stereocenters. The standard InChI is InChI=1S/C30H29N3O2/c1-32(2)23-17-13-21(14-18-23)25-9-6-8-12-28(25)31-30(22-15-19-24(20-16-22)33(3)4)27-11-7-5-10-26(27)29(34)35-30/h5-20,31H,1-4H3. The van der Waals surface area contributed by atoms with Crippen molar-refractivity contribution in [3.63, 3.8) is 0 Å². The van der Waals surface area contributed by atoms with Crippen LogP contribution in [0.25, 0.3) is 11.1 Å². The SMILES string of the molecule is CN(C)c1ccc(-c2ccccc2NC2(c3ccc(N(C)C)cc3)OC(=O)c3ccccc32)cc1. The van der Waals surface area contributed by atoms with Crippen LogP contribution >= 0.6 is 0 Å². The minimum atomic E-state index is -1.14. The third-order valence-corrected chi connectivity index (χ3v) is 6.49. The molecule has 0 saturated heterocycles. The highest BCUT2D eigenvalue weighted by atomic mass is 16.6. The van der Waals surface area contributed by atoms with Gasteiger partial charge in [-0.15, -0.1) is 0 Å². The molecule has 0 fully saturated rings. The van der Waals surface area contributed by atoms with Crippen molar-refractivity contribution in [3.8, 4) is 11.1 Å². The molecular formula is C30H29N3O2. The van der Waals surface area contributed by atoms with Crippen molar-refractivity contribution in [1.29, 1.82) is 0 Å². The topological polar surface area (TPSA) is 44.8 Å². The van der Waals surface area contributed by atoms with Crippen LogP contribution in [-0.2, 0) is 10.5 Å². The van der Waals surface area contributed by atoms with Crippen LogP contribution < -0.4 is 15.1 Å². The van der Waals surface area contributed by atoms with E-state index in [1.807, 2.05) is 99.8 Å². The highest BCUT2D eigenvalue weighted by molar-refractivity contribution is 5.96. The number of ether oxygens (including phenoxy) is 1. The number of nitrogens with one attached hydrogen (secondary N) is 1. The van der Waals surface area contributed by atoms with E-state index < -0.39 is 5.72 Å². The molecule has 0 radical (unpaired) electrons. The molecule has 0 spiro atoms. The first-order valence-corrected chi connectivity index (χ1v) is 11.6. The van der Waals surface area contributed by atoms with Crippen LogP contribution in [0, 0.1) is 0 Å². The zero-order valence-electron chi connectivity index (χ0n) is 20.4. The van der Waals surface area contributed by atoms with Crippen molar-refractivity contribution >= 4 is 23.0 Å². The van der Waals surface area contributed by atoms with Gasteiger partial charge in [-0.05, 0) is 42.0 Å². The molecule has 1 aliphatic rings. The molecule has 176 valence electrons. The van der Waals surface area contributed by atoms with Gasteiger partial charge in [-0.2, -0.15) is 0 Å². The smallest absolute Gasteiger partial charge is 0.341 e. The molecule has 1 heterocycles. The second kappa shape index (κ2) is 8.84. The highest BCUT2D eigenvalue weighted by Gasteiger charge is 2.47. The number of carbonyl (C=O) groups excluding carboxylic acids is 1. The fourth-order valence-electron chi connectivity index (χ4n) is 4.56. The van der Waals surface area contributed by atoms with E-state index in [1.165, 1.54) is 0 Å². The average molecular weight is 464 g/mol. The second-order valence-electron chi connectivity index (χ2n) is 9.17. The van der Waals surface area contributed by atoms with Crippen LogP contribution in [0.4, 0.5) is 17.1 Å². The Kier molecular flexibility index (Phi) is 5.69. The number of cyclic esters (lactones) is 1. The summed E-state index contributed by atoms with van der Waals surface area (Å²) in [5.41, 5.74) is 6.29. The maximum atomic E-state index is 13.0. The summed E-state index contributed by atoms with van der Waals surface area (Å²) in [6, 6.07) is 32.3. The van der Waals surface area contributed by atoms with Crippen molar-refractivity contribution in [2.75, 3.05) is 43.3 Å². The van der Waals surface area contributed by atoms with E-state index in [1.54, 1.807) is 0 Å². The van der Waals surface area contributed by atoms with Crippen LogP contribution in [0.3, 0.4) is 0 Å². The van der Waals surface area contributed by atoms with E-state index in [-0.39, 0.29) is 5.97 Å². The number of hydrogen-bond acceptors (Lipinski definition) is 5. The van der Waals surface area contributed by atoms with Crippen molar-refractivity contribution in [2.24, 2.45) is 0 Å². The van der Waals surface area contributed by atoms with Gasteiger partial charge >= 0.3 is 5.97 Å². The normalized spacial score (nSPS) is 16.4. The summed E-state index contributed by atoms with van der Waals surface area (Å²) in [6.45, 7) is 0. The van der Waals surface area contributed by atoms with Crippen molar-refractivity contribution in [2.45, 2.75) is 5.72 Å². The maximum absolute atomic E-state index is 13.0. The molecule has 5 nitrogen and oxygen atoms in total. The zero-order chi connectivity index (χ0) is 24.6. The van der Waals surface area contributed by atoms with Crippen molar-refractivity contribution in [1.82, 2.24) is 0 Å². The third kappa shape index (κ3) is 3.99. The van der Waals surface area contributed by atoms with E-state index in [4.69, 9.17) is 4.74 Å². The first kappa shape index (κ1) is 22.5. The zero-order valence-corrected chi connectivity index (χ0v) is 20.4. The number of esters is 1. The Morgan fingerprint density at radius 2 is 1.20 bits per heavy atom. The lowest BCUT2D eigenvalue weighted by Gasteiger charge is -2.33. The van der Waals surface area contributed by atoms with Crippen LogP contribution in [0.2, 0.25) is 0 Å². The Morgan fingerprint density at radius 3 is 1.83 bits per heavy atom. The molecule has 4 aromatic carbocycles. The summed E-state index contributed by atoms with van der Waals surface area (Å²) in [5.74, 6) is -0.336. The maximum Gasteiger partial charge on any atom is 0.341 e. The van der Waals surface area contributed by atoms with E-state index in [9.17, 15) is 4.79 Å². The Bertz CT molecular complexity index is 1360. The van der Waals surface area contributed by atoms with E-state index in [2.05, 4.69) is 40.5 Å². The minimum absolute atomic E-state index is 0.336. The molecule has 1 N–H and O–H groups in total. The third-order valence-electron chi connectivity index (χ3n) is 6.49. The molecule has 0 amide bonds. The first-order valence-electron chi connectivity index (χ1n) is 11.6. The average Bonchev–Trinajstić information content (AvgIpc) is 3.17. The summed E-state index contributed by atoms with van der Waals surface area (Å²) in [6.07, 6.45) is 0.